The summed E-state index contributed by atoms with van der Waals surface area (Å²) in [6.45, 7) is 19.7. The van der Waals surface area contributed by atoms with Crippen molar-refractivity contribution in [1.82, 2.24) is 0 Å². The maximum absolute atomic E-state index is 2.55. The van der Waals surface area contributed by atoms with Gasteiger partial charge in [0.15, 0.2) is 0 Å². The Morgan fingerprint density at radius 1 is 0.647 bits per heavy atom. The topological polar surface area (TPSA) is 0 Å². The summed E-state index contributed by atoms with van der Waals surface area (Å²) in [6.07, 6.45) is 4.15. The van der Waals surface area contributed by atoms with E-state index in [1.165, 1.54) is 25.3 Å². The van der Waals surface area contributed by atoms with Crippen LogP contribution in [0.15, 0.2) is 0 Å². The van der Waals surface area contributed by atoms with Crippen molar-refractivity contribution in [3.05, 3.63) is 0 Å². The Balaban J connectivity index is 5.34. The normalized spacial score (nSPS) is 21.0. The van der Waals surface area contributed by atoms with Crippen LogP contribution >= 0.6 is 0 Å². The van der Waals surface area contributed by atoms with Gasteiger partial charge in [0.2, 0.25) is 0 Å². The van der Waals surface area contributed by atoms with E-state index in [-0.39, 0.29) is 0 Å². The highest BCUT2D eigenvalue weighted by Gasteiger charge is 2.45. The fourth-order valence-corrected chi connectivity index (χ4v) is 11.7. The van der Waals surface area contributed by atoms with E-state index < -0.39 is 8.07 Å². The number of rotatable bonds is 8. The second-order valence-electron chi connectivity index (χ2n) is 6.64. The van der Waals surface area contributed by atoms with Gasteiger partial charge in [0.1, 0.15) is 0 Å². The Bertz CT molecular complexity index is 171. The molecule has 0 aromatic carbocycles. The Morgan fingerprint density at radius 3 is 1.12 bits per heavy atom. The summed E-state index contributed by atoms with van der Waals surface area (Å²) in [7, 11) is -1.17. The van der Waals surface area contributed by atoms with E-state index in [0.717, 1.165) is 22.5 Å². The fourth-order valence-electron chi connectivity index (χ4n) is 3.91. The van der Waals surface area contributed by atoms with Gasteiger partial charge in [-0.2, -0.15) is 0 Å². The molecule has 0 saturated carbocycles. The highest BCUT2D eigenvalue weighted by Crippen LogP contribution is 2.50. The molecule has 104 valence electrons. The molecule has 17 heavy (non-hydrogen) atoms. The molecule has 0 aromatic rings. The van der Waals surface area contributed by atoms with Crippen LogP contribution in [0.4, 0.5) is 0 Å². The Labute approximate surface area is 112 Å². The SMILES string of the molecule is CCC(C)[Si](CC(C)C)(C(C)CC)C(C)CC. The van der Waals surface area contributed by atoms with Crippen LogP contribution in [0.3, 0.4) is 0 Å². The lowest BCUT2D eigenvalue weighted by Crippen LogP contribution is -2.47. The zero-order valence-corrected chi connectivity index (χ0v) is 14.6. The molecule has 1 heteroatoms. The predicted octanol–water partition coefficient (Wildman–Crippen LogP) is 6.49. The molecular weight excluding hydrogens is 220 g/mol. The first-order chi connectivity index (χ1) is 7.86. The van der Waals surface area contributed by atoms with E-state index in [2.05, 4.69) is 55.4 Å². The third-order valence-electron chi connectivity index (χ3n) is 5.35. The maximum atomic E-state index is 2.55. The highest BCUT2D eigenvalue weighted by atomic mass is 28.3. The van der Waals surface area contributed by atoms with Crippen LogP contribution in [-0.4, -0.2) is 8.07 Å². The van der Waals surface area contributed by atoms with E-state index in [0.29, 0.717) is 0 Å². The molecule has 0 fully saturated rings. The minimum absolute atomic E-state index is 0.874. The van der Waals surface area contributed by atoms with Crippen LogP contribution < -0.4 is 0 Å². The zero-order valence-electron chi connectivity index (χ0n) is 13.6. The summed E-state index contributed by atoms with van der Waals surface area (Å²) in [5, 5.41) is 0. The lowest BCUT2D eigenvalue weighted by Gasteiger charge is -2.47. The maximum Gasteiger partial charge on any atom is 0.0623 e. The molecule has 3 atom stereocenters. The van der Waals surface area contributed by atoms with Crippen molar-refractivity contribution in [2.45, 2.75) is 97.3 Å². The molecule has 0 radical (unpaired) electrons. The van der Waals surface area contributed by atoms with Gasteiger partial charge in [0.25, 0.3) is 0 Å². The molecule has 3 unspecified atom stereocenters. The van der Waals surface area contributed by atoms with E-state index >= 15 is 0 Å². The summed E-state index contributed by atoms with van der Waals surface area (Å²) < 4.78 is 0. The van der Waals surface area contributed by atoms with Crippen molar-refractivity contribution in [3.63, 3.8) is 0 Å². The fraction of sp³-hybridized carbons (Fsp3) is 1.00. The van der Waals surface area contributed by atoms with E-state index in [4.69, 9.17) is 0 Å². The summed E-state index contributed by atoms with van der Waals surface area (Å²) in [4.78, 5) is 0. The summed E-state index contributed by atoms with van der Waals surface area (Å²) >= 11 is 0. The third-order valence-corrected chi connectivity index (χ3v) is 13.6. The second-order valence-corrected chi connectivity index (χ2v) is 12.2. The smallest absolute Gasteiger partial charge is 0.0623 e. The largest absolute Gasteiger partial charge is 0.0654 e. The van der Waals surface area contributed by atoms with Gasteiger partial charge in [0, 0.05) is 0 Å². The van der Waals surface area contributed by atoms with Gasteiger partial charge >= 0.3 is 0 Å². The van der Waals surface area contributed by atoms with Gasteiger partial charge < -0.3 is 0 Å². The molecule has 0 saturated heterocycles. The van der Waals surface area contributed by atoms with Crippen molar-refractivity contribution in [1.29, 1.82) is 0 Å². The lowest BCUT2D eigenvalue weighted by atomic mass is 10.3. The third kappa shape index (κ3) is 3.84. The molecule has 0 heterocycles. The first-order valence-corrected chi connectivity index (χ1v) is 10.3. The Kier molecular flexibility index (Phi) is 7.70. The van der Waals surface area contributed by atoms with Crippen molar-refractivity contribution >= 4 is 8.07 Å². The lowest BCUT2D eigenvalue weighted by molar-refractivity contribution is 0.624. The summed E-state index contributed by atoms with van der Waals surface area (Å²) in [6, 6.07) is 1.53. The van der Waals surface area contributed by atoms with Crippen LogP contribution in [0, 0.1) is 5.92 Å². The highest BCUT2D eigenvalue weighted by molar-refractivity contribution is 6.83. The van der Waals surface area contributed by atoms with Gasteiger partial charge in [-0.3, -0.25) is 0 Å². The van der Waals surface area contributed by atoms with Gasteiger partial charge in [-0.1, -0.05) is 80.7 Å². The minimum atomic E-state index is -1.17. The van der Waals surface area contributed by atoms with Crippen LogP contribution in [0.2, 0.25) is 22.7 Å². The van der Waals surface area contributed by atoms with E-state index in [1.807, 2.05) is 0 Å². The van der Waals surface area contributed by atoms with Crippen LogP contribution in [0.5, 0.6) is 0 Å². The first-order valence-electron chi connectivity index (χ1n) is 7.86. The number of hydrogen-bond donors (Lipinski definition) is 0. The van der Waals surface area contributed by atoms with Crippen molar-refractivity contribution in [3.8, 4) is 0 Å². The average molecular weight is 257 g/mol. The second kappa shape index (κ2) is 7.61. The quantitative estimate of drug-likeness (QED) is 0.435. The molecule has 0 aliphatic carbocycles. The minimum Gasteiger partial charge on any atom is -0.0654 e. The Hall–Kier alpha value is 0.217. The standard InChI is InChI=1S/C16H36Si/c1-9-14(6)17(12-13(4)5,15(7)10-2)16(8)11-3/h13-16H,9-12H2,1-8H3. The first kappa shape index (κ1) is 17.2. The molecule has 0 nitrogen and oxygen atoms in total. The van der Waals surface area contributed by atoms with Crippen LogP contribution in [0.25, 0.3) is 0 Å². The average Bonchev–Trinajstić information content (AvgIpc) is 2.32. The summed E-state index contributed by atoms with van der Waals surface area (Å²) in [5.41, 5.74) is 2.94. The monoisotopic (exact) mass is 256 g/mol. The van der Waals surface area contributed by atoms with Crippen LogP contribution in [0.1, 0.15) is 74.7 Å². The van der Waals surface area contributed by atoms with Crippen LogP contribution in [-0.2, 0) is 0 Å². The molecule has 0 rings (SSSR count). The molecular formula is C16H36Si. The molecule has 0 bridgehead atoms. The Morgan fingerprint density at radius 2 is 0.941 bits per heavy atom. The van der Waals surface area contributed by atoms with Gasteiger partial charge in [-0.25, -0.2) is 0 Å². The van der Waals surface area contributed by atoms with E-state index in [9.17, 15) is 0 Å². The van der Waals surface area contributed by atoms with Crippen molar-refractivity contribution in [2.75, 3.05) is 0 Å². The molecule has 0 spiro atoms. The van der Waals surface area contributed by atoms with Gasteiger partial charge in [0.05, 0.1) is 8.07 Å². The summed E-state index contributed by atoms with van der Waals surface area (Å²) in [5.74, 6) is 0.874. The van der Waals surface area contributed by atoms with E-state index in [1.54, 1.807) is 0 Å². The molecule has 0 aromatic heterocycles. The molecule has 0 aliphatic heterocycles. The zero-order chi connectivity index (χ0) is 13.6. The van der Waals surface area contributed by atoms with Crippen molar-refractivity contribution in [2.24, 2.45) is 5.92 Å². The molecule has 0 aliphatic rings. The number of hydrogen-bond acceptors (Lipinski definition) is 0. The van der Waals surface area contributed by atoms with Crippen molar-refractivity contribution < 1.29 is 0 Å². The predicted molar refractivity (Wildman–Crippen MR) is 84.5 cm³/mol. The molecule has 0 amide bonds. The van der Waals surface area contributed by atoms with Gasteiger partial charge in [-0.05, 0) is 22.5 Å². The van der Waals surface area contributed by atoms with Gasteiger partial charge in [-0.15, -0.1) is 0 Å². The molecule has 0 N–H and O–H groups in total.